The van der Waals surface area contributed by atoms with Crippen molar-refractivity contribution in [1.29, 1.82) is 0 Å². The lowest BCUT2D eigenvalue weighted by Crippen LogP contribution is -2.27. The molecule has 3 N–H and O–H groups in total. The zero-order valence-corrected chi connectivity index (χ0v) is 16.2. The Labute approximate surface area is 165 Å². The molecule has 5 nitrogen and oxygen atoms in total. The van der Waals surface area contributed by atoms with Crippen LogP contribution in [0.2, 0.25) is 0 Å². The van der Waals surface area contributed by atoms with Crippen LogP contribution in [-0.4, -0.2) is 34.1 Å². The van der Waals surface area contributed by atoms with E-state index >= 15 is 0 Å². The Hall–Kier alpha value is -2.92. The van der Waals surface area contributed by atoms with E-state index in [1.54, 1.807) is 6.92 Å². The fourth-order valence-electron chi connectivity index (χ4n) is 3.26. The molecule has 146 valence electrons. The van der Waals surface area contributed by atoms with Crippen LogP contribution in [-0.2, 0) is 4.79 Å². The largest absolute Gasteiger partial charge is 0.481 e. The van der Waals surface area contributed by atoms with Crippen LogP contribution in [0.5, 0.6) is 0 Å². The van der Waals surface area contributed by atoms with Crippen LogP contribution in [0.1, 0.15) is 37.9 Å². The van der Waals surface area contributed by atoms with E-state index in [9.17, 15) is 4.79 Å². The molecule has 0 atom stereocenters. The van der Waals surface area contributed by atoms with Gasteiger partial charge in [-0.3, -0.25) is 4.79 Å². The van der Waals surface area contributed by atoms with Crippen LogP contribution in [0.25, 0.3) is 22.4 Å². The van der Waals surface area contributed by atoms with Crippen LogP contribution in [0.4, 0.5) is 0 Å². The number of hydrogen-bond acceptors (Lipinski definition) is 3. The molecular weight excluding hydrogens is 350 g/mol. The normalized spacial score (nSPS) is 14.2. The first kappa shape index (κ1) is 19.8. The first-order valence-corrected chi connectivity index (χ1v) is 9.80. The van der Waals surface area contributed by atoms with Gasteiger partial charge in [0.05, 0.1) is 11.9 Å². The number of carboxylic acid groups (broad SMARTS) is 1. The first-order valence-electron chi connectivity index (χ1n) is 9.80. The summed E-state index contributed by atoms with van der Waals surface area (Å²) in [5, 5.41) is 11.1. The van der Waals surface area contributed by atoms with Crippen LogP contribution >= 0.6 is 0 Å². The number of aromatic amines is 1. The summed E-state index contributed by atoms with van der Waals surface area (Å²) in [6, 6.07) is 19.2. The molecule has 0 saturated carbocycles. The molecule has 5 heteroatoms. The molecule has 4 rings (SSSR count). The van der Waals surface area contributed by atoms with Crippen molar-refractivity contribution in [2.24, 2.45) is 0 Å². The highest BCUT2D eigenvalue weighted by Crippen LogP contribution is 2.27. The van der Waals surface area contributed by atoms with Gasteiger partial charge in [0.2, 0.25) is 0 Å². The van der Waals surface area contributed by atoms with E-state index in [1.807, 2.05) is 12.3 Å². The second-order valence-corrected chi connectivity index (χ2v) is 6.90. The summed E-state index contributed by atoms with van der Waals surface area (Å²) in [6.45, 7) is 3.78. The fraction of sp³-hybridized carbons (Fsp3) is 0.304. The minimum Gasteiger partial charge on any atom is -0.481 e. The molecule has 1 aliphatic heterocycles. The van der Waals surface area contributed by atoms with Crippen molar-refractivity contribution in [3.63, 3.8) is 0 Å². The Morgan fingerprint density at radius 1 is 1.00 bits per heavy atom. The number of carboxylic acids is 1. The number of piperidine rings is 1. The highest BCUT2D eigenvalue weighted by Gasteiger charge is 2.18. The third-order valence-corrected chi connectivity index (χ3v) is 4.93. The molecule has 0 spiro atoms. The molecule has 2 aromatic carbocycles. The smallest absolute Gasteiger partial charge is 0.303 e. The van der Waals surface area contributed by atoms with E-state index in [0.29, 0.717) is 5.92 Å². The Bertz CT molecular complexity index is 866. The second kappa shape index (κ2) is 9.85. The molecule has 0 unspecified atom stereocenters. The van der Waals surface area contributed by atoms with Gasteiger partial charge in [-0.05, 0) is 42.6 Å². The summed E-state index contributed by atoms with van der Waals surface area (Å²) in [5.41, 5.74) is 4.79. The fourth-order valence-corrected chi connectivity index (χ4v) is 3.26. The lowest BCUT2D eigenvalue weighted by atomic mass is 9.97. The molecule has 28 heavy (non-hydrogen) atoms. The van der Waals surface area contributed by atoms with Crippen molar-refractivity contribution >= 4 is 5.97 Å². The predicted octanol–water partition coefficient (Wildman–Crippen LogP) is 4.69. The van der Waals surface area contributed by atoms with Crippen molar-refractivity contribution < 1.29 is 9.90 Å². The molecular formula is C23H27N3O2. The van der Waals surface area contributed by atoms with Crippen molar-refractivity contribution in [2.45, 2.75) is 32.1 Å². The van der Waals surface area contributed by atoms with E-state index in [2.05, 4.69) is 63.8 Å². The monoisotopic (exact) mass is 377 g/mol. The van der Waals surface area contributed by atoms with Crippen LogP contribution < -0.4 is 5.32 Å². The maximum absolute atomic E-state index is 9.37. The molecule has 2 heterocycles. The van der Waals surface area contributed by atoms with E-state index in [4.69, 9.17) is 5.11 Å². The summed E-state index contributed by atoms with van der Waals surface area (Å²) in [6.07, 6.45) is 4.52. The van der Waals surface area contributed by atoms with Crippen molar-refractivity contribution in [2.75, 3.05) is 13.1 Å². The Kier molecular flexibility index (Phi) is 6.98. The molecule has 0 amide bonds. The average Bonchev–Trinajstić information content (AvgIpc) is 3.26. The van der Waals surface area contributed by atoms with Crippen molar-refractivity contribution in [3.05, 3.63) is 66.6 Å². The lowest BCUT2D eigenvalue weighted by Gasteiger charge is -2.20. The SMILES string of the molecule is CCC(=O)O.c1ccc(-c2ccc(-c3cnc(C4CCNCC4)[nH]3)cc2)cc1. The quantitative estimate of drug-likeness (QED) is 0.616. The van der Waals surface area contributed by atoms with Crippen LogP contribution in [0, 0.1) is 0 Å². The molecule has 1 fully saturated rings. The van der Waals surface area contributed by atoms with E-state index in [0.717, 1.165) is 24.6 Å². The summed E-state index contributed by atoms with van der Waals surface area (Å²) in [7, 11) is 0. The second-order valence-electron chi connectivity index (χ2n) is 6.90. The van der Waals surface area contributed by atoms with Gasteiger partial charge < -0.3 is 15.4 Å². The number of nitrogens with one attached hydrogen (secondary N) is 2. The number of hydrogen-bond donors (Lipinski definition) is 3. The number of imidazole rings is 1. The number of rotatable bonds is 4. The van der Waals surface area contributed by atoms with Gasteiger partial charge in [-0.2, -0.15) is 0 Å². The summed E-state index contributed by atoms with van der Waals surface area (Å²) in [4.78, 5) is 17.5. The Morgan fingerprint density at radius 2 is 1.57 bits per heavy atom. The topological polar surface area (TPSA) is 78.0 Å². The summed E-state index contributed by atoms with van der Waals surface area (Å²) < 4.78 is 0. The lowest BCUT2D eigenvalue weighted by molar-refractivity contribution is -0.136. The summed E-state index contributed by atoms with van der Waals surface area (Å²) in [5.74, 6) is 0.951. The van der Waals surface area contributed by atoms with Gasteiger partial charge in [-0.25, -0.2) is 4.98 Å². The minimum absolute atomic E-state index is 0.222. The number of carbonyl (C=O) groups is 1. The number of aromatic nitrogens is 2. The molecule has 1 saturated heterocycles. The zero-order chi connectivity index (χ0) is 19.8. The molecule has 3 aromatic rings. The molecule has 0 radical (unpaired) electrons. The maximum atomic E-state index is 9.37. The number of H-pyrrole nitrogens is 1. The highest BCUT2D eigenvalue weighted by molar-refractivity contribution is 5.68. The van der Waals surface area contributed by atoms with E-state index in [-0.39, 0.29) is 6.42 Å². The van der Waals surface area contributed by atoms with Crippen LogP contribution in [0.3, 0.4) is 0 Å². The van der Waals surface area contributed by atoms with Gasteiger partial charge in [-0.15, -0.1) is 0 Å². The van der Waals surface area contributed by atoms with Crippen molar-refractivity contribution in [3.8, 4) is 22.4 Å². The van der Waals surface area contributed by atoms with Gasteiger partial charge in [-0.1, -0.05) is 61.5 Å². The molecule has 1 aromatic heterocycles. The van der Waals surface area contributed by atoms with Gasteiger partial charge in [0, 0.05) is 12.3 Å². The summed E-state index contributed by atoms with van der Waals surface area (Å²) >= 11 is 0. The van der Waals surface area contributed by atoms with Gasteiger partial charge >= 0.3 is 5.97 Å². The first-order chi connectivity index (χ1) is 13.7. The van der Waals surface area contributed by atoms with Crippen LogP contribution in [0.15, 0.2) is 60.8 Å². The number of aliphatic carboxylic acids is 1. The number of nitrogens with zero attached hydrogens (tertiary/aromatic N) is 1. The minimum atomic E-state index is -0.745. The highest BCUT2D eigenvalue weighted by atomic mass is 16.4. The van der Waals surface area contributed by atoms with Gasteiger partial charge in [0.25, 0.3) is 0 Å². The predicted molar refractivity (Wildman–Crippen MR) is 112 cm³/mol. The standard InChI is InChI=1S/C20H21N3.C3H6O2/c1-2-4-15(5-3-1)16-6-8-17(9-7-16)19-14-22-20(23-19)18-10-12-21-13-11-18;1-2-3(4)5/h1-9,14,18,21H,10-13H2,(H,22,23);2H2,1H3,(H,4,5). The number of benzene rings is 2. The van der Waals surface area contributed by atoms with Crippen molar-refractivity contribution in [1.82, 2.24) is 15.3 Å². The van der Waals surface area contributed by atoms with E-state index < -0.39 is 5.97 Å². The molecule has 0 aliphatic carbocycles. The average molecular weight is 377 g/mol. The zero-order valence-electron chi connectivity index (χ0n) is 16.2. The maximum Gasteiger partial charge on any atom is 0.303 e. The Morgan fingerprint density at radius 3 is 2.18 bits per heavy atom. The van der Waals surface area contributed by atoms with Gasteiger partial charge in [0.15, 0.2) is 0 Å². The van der Waals surface area contributed by atoms with E-state index in [1.165, 1.54) is 29.5 Å². The Balaban J connectivity index is 0.000000403. The third kappa shape index (κ3) is 5.30. The molecule has 0 bridgehead atoms. The molecule has 1 aliphatic rings. The van der Waals surface area contributed by atoms with Gasteiger partial charge in [0.1, 0.15) is 5.82 Å². The third-order valence-electron chi connectivity index (χ3n) is 4.93.